The van der Waals surface area contributed by atoms with E-state index in [1.807, 2.05) is 24.3 Å². The normalized spacial score (nSPS) is 10.3. The topological polar surface area (TPSA) is 34.1 Å². The molecule has 19 heavy (non-hydrogen) atoms. The van der Waals surface area contributed by atoms with Gasteiger partial charge in [0.15, 0.2) is 0 Å². The van der Waals surface area contributed by atoms with E-state index in [-0.39, 0.29) is 0 Å². The summed E-state index contributed by atoms with van der Waals surface area (Å²) >= 11 is 10.5. The first kappa shape index (κ1) is 14.8. The third kappa shape index (κ3) is 3.70. The summed E-state index contributed by atoms with van der Waals surface area (Å²) in [5.41, 5.74) is 2.00. The van der Waals surface area contributed by atoms with E-state index in [1.165, 1.54) is 0 Å². The van der Waals surface area contributed by atoms with Crippen LogP contribution in [-0.2, 0) is 6.54 Å². The van der Waals surface area contributed by atoms with Crippen molar-refractivity contribution in [3.63, 3.8) is 0 Å². The fourth-order valence-electron chi connectivity index (χ4n) is 1.64. The van der Waals surface area contributed by atoms with E-state index >= 15 is 0 Å². The molecule has 0 aliphatic rings. The number of halogens is 3. The molecule has 0 atom stereocenters. The van der Waals surface area contributed by atoms with Crippen molar-refractivity contribution in [2.45, 2.75) is 6.54 Å². The number of benzene rings is 1. The Bertz CT molecular complexity index is 567. The van der Waals surface area contributed by atoms with Crippen LogP contribution >= 0.6 is 47.8 Å². The van der Waals surface area contributed by atoms with Crippen LogP contribution < -0.4 is 10.1 Å². The first-order chi connectivity index (χ1) is 9.11. The Morgan fingerprint density at radius 2 is 1.89 bits per heavy atom. The molecule has 3 nitrogen and oxygen atoms in total. The predicted octanol–water partition coefficient (Wildman–Crippen LogP) is 4.99. The number of anilines is 1. The van der Waals surface area contributed by atoms with E-state index in [9.17, 15) is 0 Å². The van der Waals surface area contributed by atoms with E-state index in [1.54, 1.807) is 13.3 Å². The SMILES string of the molecule is COc1ncccc1CNc1c(Br)cc(Br)cc1Br. The lowest BCUT2D eigenvalue weighted by atomic mass is 10.2. The number of ether oxygens (including phenoxy) is 1. The summed E-state index contributed by atoms with van der Waals surface area (Å²) in [6.07, 6.45) is 1.72. The highest BCUT2D eigenvalue weighted by molar-refractivity contribution is 9.11. The highest BCUT2D eigenvalue weighted by atomic mass is 79.9. The summed E-state index contributed by atoms with van der Waals surface area (Å²) in [4.78, 5) is 4.18. The molecule has 0 spiro atoms. The van der Waals surface area contributed by atoms with Crippen molar-refractivity contribution >= 4 is 53.5 Å². The molecular formula is C13H11Br3N2O. The van der Waals surface area contributed by atoms with E-state index in [0.717, 1.165) is 24.7 Å². The van der Waals surface area contributed by atoms with E-state index in [4.69, 9.17) is 4.74 Å². The maximum Gasteiger partial charge on any atom is 0.218 e. The molecule has 6 heteroatoms. The summed E-state index contributed by atoms with van der Waals surface area (Å²) in [6.45, 7) is 0.635. The molecule has 2 aromatic rings. The minimum atomic E-state index is 0.635. The largest absolute Gasteiger partial charge is 0.481 e. The molecule has 0 aliphatic carbocycles. The van der Waals surface area contributed by atoms with Crippen molar-refractivity contribution in [1.29, 1.82) is 0 Å². The van der Waals surface area contributed by atoms with Gasteiger partial charge in [-0.15, -0.1) is 0 Å². The molecule has 1 N–H and O–H groups in total. The average molecular weight is 451 g/mol. The molecule has 0 aliphatic heterocycles. The molecule has 1 aromatic heterocycles. The van der Waals surface area contributed by atoms with Crippen LogP contribution in [0.5, 0.6) is 5.88 Å². The number of rotatable bonds is 4. The third-order valence-electron chi connectivity index (χ3n) is 2.51. The van der Waals surface area contributed by atoms with Crippen LogP contribution in [0.1, 0.15) is 5.56 Å². The Morgan fingerprint density at radius 3 is 2.53 bits per heavy atom. The lowest BCUT2D eigenvalue weighted by Crippen LogP contribution is -2.03. The van der Waals surface area contributed by atoms with Crippen LogP contribution in [0.25, 0.3) is 0 Å². The molecule has 0 unspecified atom stereocenters. The van der Waals surface area contributed by atoms with Gasteiger partial charge in [-0.1, -0.05) is 22.0 Å². The summed E-state index contributed by atoms with van der Waals surface area (Å²) in [6, 6.07) is 7.87. The molecule has 0 saturated heterocycles. The van der Waals surface area contributed by atoms with Gasteiger partial charge in [-0.25, -0.2) is 4.98 Å². The Balaban J connectivity index is 2.19. The number of pyridine rings is 1. The van der Waals surface area contributed by atoms with Gasteiger partial charge in [0.05, 0.1) is 12.8 Å². The fraction of sp³-hybridized carbons (Fsp3) is 0.154. The van der Waals surface area contributed by atoms with Gasteiger partial charge < -0.3 is 10.1 Å². The second kappa shape index (κ2) is 6.72. The molecule has 0 radical (unpaired) electrons. The maximum atomic E-state index is 5.23. The monoisotopic (exact) mass is 448 g/mol. The van der Waals surface area contributed by atoms with Crippen LogP contribution in [0.4, 0.5) is 5.69 Å². The van der Waals surface area contributed by atoms with Gasteiger partial charge in [0.2, 0.25) is 5.88 Å². The molecule has 0 saturated carbocycles. The number of nitrogens with zero attached hydrogens (tertiary/aromatic N) is 1. The lowest BCUT2D eigenvalue weighted by molar-refractivity contribution is 0.393. The van der Waals surface area contributed by atoms with Gasteiger partial charge in [0.1, 0.15) is 0 Å². The van der Waals surface area contributed by atoms with Gasteiger partial charge in [0.25, 0.3) is 0 Å². The number of hydrogen-bond donors (Lipinski definition) is 1. The van der Waals surface area contributed by atoms with Gasteiger partial charge in [-0.3, -0.25) is 0 Å². The molecule has 1 aromatic carbocycles. The average Bonchev–Trinajstić information content (AvgIpc) is 2.38. The van der Waals surface area contributed by atoms with E-state index in [0.29, 0.717) is 12.4 Å². The van der Waals surface area contributed by atoms with Crippen molar-refractivity contribution in [2.24, 2.45) is 0 Å². The molecular weight excluding hydrogens is 440 g/mol. The zero-order chi connectivity index (χ0) is 13.8. The number of nitrogens with one attached hydrogen (secondary N) is 1. The summed E-state index contributed by atoms with van der Waals surface area (Å²) < 4.78 is 8.21. The lowest BCUT2D eigenvalue weighted by Gasteiger charge is -2.13. The number of methoxy groups -OCH3 is 1. The summed E-state index contributed by atoms with van der Waals surface area (Å²) in [7, 11) is 1.62. The molecule has 0 fully saturated rings. The number of aromatic nitrogens is 1. The zero-order valence-electron chi connectivity index (χ0n) is 10.1. The van der Waals surface area contributed by atoms with Crippen molar-refractivity contribution in [2.75, 3.05) is 12.4 Å². The van der Waals surface area contributed by atoms with Crippen LogP contribution in [0, 0.1) is 0 Å². The minimum absolute atomic E-state index is 0.635. The van der Waals surface area contributed by atoms with E-state index < -0.39 is 0 Å². The van der Waals surface area contributed by atoms with Crippen molar-refractivity contribution in [1.82, 2.24) is 4.98 Å². The summed E-state index contributed by atoms with van der Waals surface area (Å²) in [5.74, 6) is 0.638. The third-order valence-corrected chi connectivity index (χ3v) is 4.21. The van der Waals surface area contributed by atoms with Gasteiger partial charge in [-0.2, -0.15) is 0 Å². The highest BCUT2D eigenvalue weighted by Crippen LogP contribution is 2.34. The minimum Gasteiger partial charge on any atom is -0.481 e. The predicted molar refractivity (Wildman–Crippen MR) is 87.7 cm³/mol. The van der Waals surface area contributed by atoms with Gasteiger partial charge in [-0.05, 0) is 50.1 Å². The highest BCUT2D eigenvalue weighted by Gasteiger charge is 2.08. The molecule has 1 heterocycles. The standard InChI is InChI=1S/C13H11Br3N2O/c1-19-13-8(3-2-4-17-13)7-18-12-10(15)5-9(14)6-11(12)16/h2-6,18H,7H2,1H3. The first-order valence-corrected chi connectivity index (χ1v) is 7.86. The smallest absolute Gasteiger partial charge is 0.218 e. The van der Waals surface area contributed by atoms with E-state index in [2.05, 4.69) is 58.1 Å². The van der Waals surface area contributed by atoms with Crippen molar-refractivity contribution in [3.05, 3.63) is 49.4 Å². The van der Waals surface area contributed by atoms with Crippen LogP contribution in [0.3, 0.4) is 0 Å². The Hall–Kier alpha value is -0.590. The van der Waals surface area contributed by atoms with Crippen LogP contribution in [0.15, 0.2) is 43.9 Å². The number of hydrogen-bond acceptors (Lipinski definition) is 3. The summed E-state index contributed by atoms with van der Waals surface area (Å²) in [5, 5.41) is 3.36. The van der Waals surface area contributed by atoms with Gasteiger partial charge >= 0.3 is 0 Å². The van der Waals surface area contributed by atoms with Crippen molar-refractivity contribution < 1.29 is 4.74 Å². The van der Waals surface area contributed by atoms with Crippen LogP contribution in [-0.4, -0.2) is 12.1 Å². The first-order valence-electron chi connectivity index (χ1n) is 5.48. The Kier molecular flexibility index (Phi) is 5.24. The molecule has 2 rings (SSSR count). The van der Waals surface area contributed by atoms with Crippen molar-refractivity contribution in [3.8, 4) is 5.88 Å². The fourth-order valence-corrected chi connectivity index (χ4v) is 4.18. The Labute approximate surface area is 137 Å². The molecule has 100 valence electrons. The Morgan fingerprint density at radius 1 is 1.21 bits per heavy atom. The quantitative estimate of drug-likeness (QED) is 0.712. The molecule has 0 bridgehead atoms. The second-order valence-electron chi connectivity index (χ2n) is 3.77. The molecule has 0 amide bonds. The zero-order valence-corrected chi connectivity index (χ0v) is 14.8. The maximum absolute atomic E-state index is 5.23. The second-order valence-corrected chi connectivity index (χ2v) is 6.39. The van der Waals surface area contributed by atoms with Crippen LogP contribution in [0.2, 0.25) is 0 Å². The van der Waals surface area contributed by atoms with Gasteiger partial charge in [0, 0.05) is 31.7 Å².